The van der Waals surface area contributed by atoms with Crippen LogP contribution in [0.2, 0.25) is 0 Å². The van der Waals surface area contributed by atoms with E-state index in [2.05, 4.69) is 11.3 Å². The molecule has 0 amide bonds. The number of rotatable bonds is 6. The minimum atomic E-state index is -3.46. The molecule has 1 atom stereocenters. The van der Waals surface area contributed by atoms with Crippen LogP contribution in [0.3, 0.4) is 0 Å². The van der Waals surface area contributed by atoms with Gasteiger partial charge in [0.05, 0.1) is 0 Å². The Bertz CT molecular complexity index is 665. The van der Waals surface area contributed by atoms with E-state index in [9.17, 15) is 16.8 Å². The Balaban J connectivity index is 1.98. The first-order valence-electron chi connectivity index (χ1n) is 6.01. The van der Waals surface area contributed by atoms with E-state index in [1.54, 1.807) is 17.5 Å². The number of hydrogen-bond donors (Lipinski definition) is 1. The maximum Gasteiger partial charge on any atom is 0.252 e. The molecule has 1 aliphatic heterocycles. The SMILES string of the molecule is C=CS(=O)(=O)NCC1CCN(S(=O)(=O)c2cccs2)C1. The normalized spacial score (nSPS) is 21.1. The summed E-state index contributed by atoms with van der Waals surface area (Å²) < 4.78 is 51.2. The zero-order valence-electron chi connectivity index (χ0n) is 10.7. The van der Waals surface area contributed by atoms with Crippen LogP contribution in [0.4, 0.5) is 0 Å². The maximum absolute atomic E-state index is 12.3. The predicted molar refractivity (Wildman–Crippen MR) is 78.3 cm³/mol. The van der Waals surface area contributed by atoms with Gasteiger partial charge in [0.1, 0.15) is 4.21 Å². The third kappa shape index (κ3) is 3.47. The second-order valence-corrected chi connectivity index (χ2v) is 9.33. The summed E-state index contributed by atoms with van der Waals surface area (Å²) in [5, 5.41) is 2.57. The molecule has 1 aliphatic rings. The Morgan fingerprint density at radius 3 is 2.80 bits per heavy atom. The summed E-state index contributed by atoms with van der Waals surface area (Å²) >= 11 is 1.18. The molecule has 1 saturated heterocycles. The predicted octanol–water partition coefficient (Wildman–Crippen LogP) is 0.822. The Morgan fingerprint density at radius 2 is 2.20 bits per heavy atom. The molecule has 2 rings (SSSR count). The zero-order valence-corrected chi connectivity index (χ0v) is 13.2. The number of nitrogens with one attached hydrogen (secondary N) is 1. The van der Waals surface area contributed by atoms with Crippen molar-refractivity contribution in [2.45, 2.75) is 10.6 Å². The van der Waals surface area contributed by atoms with Crippen LogP contribution >= 0.6 is 11.3 Å². The maximum atomic E-state index is 12.3. The van der Waals surface area contributed by atoms with Crippen molar-refractivity contribution in [3.8, 4) is 0 Å². The van der Waals surface area contributed by atoms with Crippen molar-refractivity contribution >= 4 is 31.4 Å². The van der Waals surface area contributed by atoms with Crippen molar-refractivity contribution in [1.82, 2.24) is 9.03 Å². The molecule has 1 unspecified atom stereocenters. The van der Waals surface area contributed by atoms with Crippen LogP contribution in [0.5, 0.6) is 0 Å². The summed E-state index contributed by atoms with van der Waals surface area (Å²) in [5.74, 6) is -0.0144. The van der Waals surface area contributed by atoms with E-state index in [0.717, 1.165) is 5.41 Å². The van der Waals surface area contributed by atoms with Gasteiger partial charge in [0, 0.05) is 25.0 Å². The number of thiophene rings is 1. The van der Waals surface area contributed by atoms with Gasteiger partial charge in [0.15, 0.2) is 0 Å². The Kier molecular flexibility index (Phi) is 4.65. The minimum Gasteiger partial charge on any atom is -0.211 e. The highest BCUT2D eigenvalue weighted by atomic mass is 32.2. The van der Waals surface area contributed by atoms with Crippen LogP contribution in [0, 0.1) is 5.92 Å². The standard InChI is InChI=1S/C11H16N2O4S3/c1-2-19(14,15)12-8-10-5-6-13(9-10)20(16,17)11-4-3-7-18-11/h2-4,7,10,12H,1,5-6,8-9H2. The summed E-state index contributed by atoms with van der Waals surface area (Å²) in [7, 11) is -6.89. The van der Waals surface area contributed by atoms with Gasteiger partial charge in [-0.15, -0.1) is 11.3 Å². The van der Waals surface area contributed by atoms with Crippen LogP contribution < -0.4 is 4.72 Å². The quantitative estimate of drug-likeness (QED) is 0.834. The van der Waals surface area contributed by atoms with E-state index in [0.29, 0.717) is 23.7 Å². The molecular formula is C11H16N2O4S3. The monoisotopic (exact) mass is 336 g/mol. The van der Waals surface area contributed by atoms with Crippen LogP contribution in [0.1, 0.15) is 6.42 Å². The minimum absolute atomic E-state index is 0.0144. The van der Waals surface area contributed by atoms with Gasteiger partial charge in [0.2, 0.25) is 10.0 Å². The van der Waals surface area contributed by atoms with Crippen molar-refractivity contribution in [2.75, 3.05) is 19.6 Å². The molecule has 0 aromatic carbocycles. The molecule has 0 spiro atoms. The summed E-state index contributed by atoms with van der Waals surface area (Å²) in [5.41, 5.74) is 0. The number of sulfonamides is 2. The molecule has 0 saturated carbocycles. The molecule has 0 aliphatic carbocycles. The van der Waals surface area contributed by atoms with E-state index < -0.39 is 20.0 Å². The van der Waals surface area contributed by atoms with Crippen molar-refractivity contribution in [3.05, 3.63) is 29.5 Å². The van der Waals surface area contributed by atoms with Gasteiger partial charge in [-0.05, 0) is 23.8 Å². The summed E-state index contributed by atoms with van der Waals surface area (Å²) in [4.78, 5) is 0. The Hall–Kier alpha value is -0.740. The van der Waals surface area contributed by atoms with Crippen molar-refractivity contribution in [1.29, 1.82) is 0 Å². The first-order valence-corrected chi connectivity index (χ1v) is 9.87. The van der Waals surface area contributed by atoms with Crippen LogP contribution in [-0.2, 0) is 20.0 Å². The van der Waals surface area contributed by atoms with Gasteiger partial charge in [-0.1, -0.05) is 12.6 Å². The van der Waals surface area contributed by atoms with Crippen molar-refractivity contribution in [2.24, 2.45) is 5.92 Å². The first-order chi connectivity index (χ1) is 9.35. The van der Waals surface area contributed by atoms with Gasteiger partial charge < -0.3 is 0 Å². The first kappa shape index (κ1) is 15.6. The van der Waals surface area contributed by atoms with Crippen LogP contribution in [0.15, 0.2) is 33.7 Å². The van der Waals surface area contributed by atoms with Gasteiger partial charge >= 0.3 is 0 Å². The highest BCUT2D eigenvalue weighted by Gasteiger charge is 2.33. The molecule has 1 aromatic rings. The lowest BCUT2D eigenvalue weighted by Gasteiger charge is -2.15. The van der Waals surface area contributed by atoms with Gasteiger partial charge in [-0.25, -0.2) is 21.6 Å². The smallest absolute Gasteiger partial charge is 0.211 e. The average molecular weight is 336 g/mol. The zero-order chi connectivity index (χ0) is 14.8. The van der Waals surface area contributed by atoms with Gasteiger partial charge in [-0.3, -0.25) is 0 Å². The molecule has 20 heavy (non-hydrogen) atoms. The topological polar surface area (TPSA) is 83.6 Å². The molecule has 2 heterocycles. The van der Waals surface area contributed by atoms with E-state index in [1.807, 2.05) is 0 Å². The molecule has 0 radical (unpaired) electrons. The summed E-state index contributed by atoms with van der Waals surface area (Å²) in [6, 6.07) is 3.27. The molecule has 6 nitrogen and oxygen atoms in total. The van der Waals surface area contributed by atoms with Crippen LogP contribution in [0.25, 0.3) is 0 Å². The average Bonchev–Trinajstić information content (AvgIpc) is 3.08. The lowest BCUT2D eigenvalue weighted by Crippen LogP contribution is -2.32. The molecular weight excluding hydrogens is 320 g/mol. The molecule has 1 N–H and O–H groups in total. The number of nitrogens with zero attached hydrogens (tertiary/aromatic N) is 1. The Morgan fingerprint density at radius 1 is 1.45 bits per heavy atom. The molecule has 112 valence electrons. The second kappa shape index (κ2) is 5.94. The molecule has 1 fully saturated rings. The largest absolute Gasteiger partial charge is 0.252 e. The third-order valence-corrected chi connectivity index (χ3v) is 7.38. The number of hydrogen-bond acceptors (Lipinski definition) is 5. The van der Waals surface area contributed by atoms with Crippen LogP contribution in [-0.4, -0.2) is 40.8 Å². The van der Waals surface area contributed by atoms with Crippen molar-refractivity contribution < 1.29 is 16.8 Å². The lowest BCUT2D eigenvalue weighted by molar-refractivity contribution is 0.456. The van der Waals surface area contributed by atoms with E-state index in [1.165, 1.54) is 15.6 Å². The fourth-order valence-corrected chi connectivity index (χ4v) is 5.27. The Labute approximate surface area is 123 Å². The molecule has 1 aromatic heterocycles. The van der Waals surface area contributed by atoms with Gasteiger partial charge in [-0.2, -0.15) is 4.31 Å². The summed E-state index contributed by atoms with van der Waals surface area (Å²) in [6.45, 7) is 4.19. The van der Waals surface area contributed by atoms with E-state index >= 15 is 0 Å². The lowest BCUT2D eigenvalue weighted by atomic mass is 10.1. The third-order valence-electron chi connectivity index (χ3n) is 3.13. The fourth-order valence-electron chi connectivity index (χ4n) is 2.01. The summed E-state index contributed by atoms with van der Waals surface area (Å²) in [6.07, 6.45) is 0.643. The van der Waals surface area contributed by atoms with Gasteiger partial charge in [0.25, 0.3) is 10.0 Å². The molecule has 9 heteroatoms. The highest BCUT2D eigenvalue weighted by molar-refractivity contribution is 7.92. The highest BCUT2D eigenvalue weighted by Crippen LogP contribution is 2.26. The van der Waals surface area contributed by atoms with E-state index in [-0.39, 0.29) is 12.5 Å². The molecule has 0 bridgehead atoms. The van der Waals surface area contributed by atoms with E-state index in [4.69, 9.17) is 0 Å². The fraction of sp³-hybridized carbons (Fsp3) is 0.455. The second-order valence-electron chi connectivity index (χ2n) is 4.51. The van der Waals surface area contributed by atoms with Crippen molar-refractivity contribution in [3.63, 3.8) is 0 Å².